The maximum atomic E-state index is 8.47. The number of hydrogen-bond donors (Lipinski definition) is 1. The number of benzene rings is 2. The van der Waals surface area contributed by atoms with E-state index in [1.807, 2.05) is 48.2 Å². The van der Waals surface area contributed by atoms with E-state index in [2.05, 4.69) is 36.8 Å². The number of anilines is 2. The Labute approximate surface area is 141 Å². The lowest BCUT2D eigenvalue weighted by Crippen LogP contribution is -2.39. The lowest BCUT2D eigenvalue weighted by Gasteiger charge is -2.28. The minimum Gasteiger partial charge on any atom is -0.315 e. The Morgan fingerprint density at radius 2 is 1.23 bits per heavy atom. The molecule has 0 heterocycles. The summed E-state index contributed by atoms with van der Waals surface area (Å²) in [5.74, 6) is 0.441. The van der Waals surface area contributed by atoms with Gasteiger partial charge in [0.15, 0.2) is 0 Å². The van der Waals surface area contributed by atoms with Gasteiger partial charge >= 0.3 is 0 Å². The normalized spacial score (nSPS) is 10.4. The second-order valence-corrected chi connectivity index (χ2v) is 6.60. The minimum absolute atomic E-state index is 0.441. The summed E-state index contributed by atoms with van der Waals surface area (Å²) in [7, 11) is 3.85. The maximum absolute atomic E-state index is 8.47. The highest BCUT2D eigenvalue weighted by Crippen LogP contribution is 2.25. The van der Waals surface area contributed by atoms with Gasteiger partial charge in [-0.25, -0.2) is 0 Å². The summed E-state index contributed by atoms with van der Waals surface area (Å²) in [5, 5.41) is 8.47. The zero-order valence-corrected chi connectivity index (χ0v) is 15.0. The highest BCUT2D eigenvalue weighted by molar-refractivity contribution is 7.98. The quantitative estimate of drug-likeness (QED) is 0.502. The molecule has 2 aromatic rings. The van der Waals surface area contributed by atoms with Gasteiger partial charge in [-0.3, -0.25) is 5.41 Å². The first kappa shape index (κ1) is 16.8. The summed E-state index contributed by atoms with van der Waals surface area (Å²) in [6.07, 6.45) is 4.12. The maximum Gasteiger partial charge on any atom is 0.202 e. The van der Waals surface area contributed by atoms with Crippen molar-refractivity contribution in [2.45, 2.75) is 9.79 Å². The smallest absolute Gasteiger partial charge is 0.202 e. The number of hydrogen-bond acceptors (Lipinski definition) is 3. The van der Waals surface area contributed by atoms with Crippen molar-refractivity contribution in [3.05, 3.63) is 48.5 Å². The fourth-order valence-electron chi connectivity index (χ4n) is 2.11. The molecular formula is C17H21N3S2. The van der Waals surface area contributed by atoms with Crippen LogP contribution in [0, 0.1) is 5.41 Å². The van der Waals surface area contributed by atoms with Crippen LogP contribution in [-0.4, -0.2) is 32.6 Å². The second kappa shape index (κ2) is 7.61. The molecule has 0 aliphatic heterocycles. The van der Waals surface area contributed by atoms with Crippen molar-refractivity contribution in [2.75, 3.05) is 36.4 Å². The van der Waals surface area contributed by atoms with Crippen molar-refractivity contribution in [2.24, 2.45) is 0 Å². The Morgan fingerprint density at radius 3 is 1.59 bits per heavy atom. The molecule has 0 atom stereocenters. The summed E-state index contributed by atoms with van der Waals surface area (Å²) in [6, 6.07) is 16.5. The molecule has 5 heteroatoms. The van der Waals surface area contributed by atoms with E-state index in [0.29, 0.717) is 5.96 Å². The summed E-state index contributed by atoms with van der Waals surface area (Å²) in [5.41, 5.74) is 2.04. The zero-order valence-electron chi connectivity index (χ0n) is 13.3. The molecule has 0 bridgehead atoms. The van der Waals surface area contributed by atoms with Crippen LogP contribution in [0.15, 0.2) is 58.3 Å². The molecule has 0 amide bonds. The van der Waals surface area contributed by atoms with Gasteiger partial charge in [-0.1, -0.05) is 12.1 Å². The lowest BCUT2D eigenvalue weighted by atomic mass is 10.3. The van der Waals surface area contributed by atoms with E-state index >= 15 is 0 Å². The van der Waals surface area contributed by atoms with Gasteiger partial charge in [0.25, 0.3) is 0 Å². The first-order valence-corrected chi connectivity index (χ1v) is 9.36. The van der Waals surface area contributed by atoms with Gasteiger partial charge < -0.3 is 9.80 Å². The molecule has 0 saturated carbocycles. The predicted octanol–water partition coefficient (Wildman–Crippen LogP) is 4.64. The van der Waals surface area contributed by atoms with Crippen LogP contribution in [0.1, 0.15) is 0 Å². The van der Waals surface area contributed by atoms with Crippen molar-refractivity contribution < 1.29 is 0 Å². The molecular weight excluding hydrogens is 310 g/mol. The zero-order chi connectivity index (χ0) is 16.1. The van der Waals surface area contributed by atoms with Gasteiger partial charge in [0.05, 0.1) is 0 Å². The van der Waals surface area contributed by atoms with E-state index < -0.39 is 0 Å². The van der Waals surface area contributed by atoms with E-state index in [0.717, 1.165) is 11.4 Å². The third-order valence-electron chi connectivity index (χ3n) is 3.52. The Morgan fingerprint density at radius 1 is 0.818 bits per heavy atom. The summed E-state index contributed by atoms with van der Waals surface area (Å²) in [4.78, 5) is 6.19. The van der Waals surface area contributed by atoms with Gasteiger partial charge in [-0.15, -0.1) is 23.5 Å². The lowest BCUT2D eigenvalue weighted by molar-refractivity contribution is 1.11. The van der Waals surface area contributed by atoms with Gasteiger partial charge in [0.2, 0.25) is 5.96 Å². The Bertz CT molecular complexity index is 602. The van der Waals surface area contributed by atoms with Crippen LogP contribution in [0.25, 0.3) is 0 Å². The molecule has 0 unspecified atom stereocenters. The van der Waals surface area contributed by atoms with Crippen molar-refractivity contribution in [3.8, 4) is 0 Å². The van der Waals surface area contributed by atoms with Crippen molar-refractivity contribution in [1.82, 2.24) is 0 Å². The molecule has 0 spiro atoms. The molecule has 2 rings (SSSR count). The van der Waals surface area contributed by atoms with Crippen LogP contribution in [0.5, 0.6) is 0 Å². The monoisotopic (exact) mass is 331 g/mol. The standard InChI is InChI=1S/C17H21N3S2/c1-19(13-7-5-9-15(11-13)21-3)17(18)20(2)14-8-6-10-16(12-14)22-4/h5-12,18H,1-4H3. The number of nitrogens with zero attached hydrogens (tertiary/aromatic N) is 2. The van der Waals surface area contributed by atoms with Crippen LogP contribution in [0.3, 0.4) is 0 Å². The fourth-order valence-corrected chi connectivity index (χ4v) is 3.01. The van der Waals surface area contributed by atoms with Crippen LogP contribution in [0.4, 0.5) is 11.4 Å². The Hall–Kier alpha value is -1.59. The molecule has 0 aromatic heterocycles. The molecule has 3 nitrogen and oxygen atoms in total. The van der Waals surface area contributed by atoms with Crippen LogP contribution in [-0.2, 0) is 0 Å². The molecule has 0 aliphatic carbocycles. The summed E-state index contributed by atoms with van der Waals surface area (Å²) < 4.78 is 0. The molecule has 22 heavy (non-hydrogen) atoms. The second-order valence-electron chi connectivity index (χ2n) is 4.84. The summed E-state index contributed by atoms with van der Waals surface area (Å²) in [6.45, 7) is 0. The van der Waals surface area contributed by atoms with Crippen LogP contribution >= 0.6 is 23.5 Å². The first-order chi connectivity index (χ1) is 10.6. The number of thioether (sulfide) groups is 2. The van der Waals surface area contributed by atoms with Crippen LogP contribution in [0.2, 0.25) is 0 Å². The van der Waals surface area contributed by atoms with Crippen molar-refractivity contribution >= 4 is 40.9 Å². The average molecular weight is 332 g/mol. The number of rotatable bonds is 4. The van der Waals surface area contributed by atoms with E-state index in [9.17, 15) is 0 Å². The van der Waals surface area contributed by atoms with Gasteiger partial charge in [-0.05, 0) is 48.9 Å². The highest BCUT2D eigenvalue weighted by atomic mass is 32.2. The number of guanidine groups is 1. The number of nitrogens with one attached hydrogen (secondary N) is 1. The van der Waals surface area contributed by atoms with Crippen molar-refractivity contribution in [3.63, 3.8) is 0 Å². The molecule has 116 valence electrons. The third kappa shape index (κ3) is 3.78. The van der Waals surface area contributed by atoms with Gasteiger partial charge in [-0.2, -0.15) is 0 Å². The van der Waals surface area contributed by atoms with Crippen LogP contribution < -0.4 is 9.80 Å². The Balaban J connectivity index is 2.21. The molecule has 0 radical (unpaired) electrons. The average Bonchev–Trinajstić information content (AvgIpc) is 2.59. The first-order valence-electron chi connectivity index (χ1n) is 6.91. The molecule has 0 fully saturated rings. The van der Waals surface area contributed by atoms with Gasteiger partial charge in [0.1, 0.15) is 0 Å². The third-order valence-corrected chi connectivity index (χ3v) is 4.97. The van der Waals surface area contributed by atoms with E-state index in [1.54, 1.807) is 23.5 Å². The van der Waals surface area contributed by atoms with Gasteiger partial charge in [0, 0.05) is 35.3 Å². The Kier molecular flexibility index (Phi) is 5.80. The fraction of sp³-hybridized carbons (Fsp3) is 0.235. The SMILES string of the molecule is CSc1cccc(N(C)C(=N)N(C)c2cccc(SC)c2)c1. The van der Waals surface area contributed by atoms with E-state index in [1.165, 1.54) is 9.79 Å². The molecule has 0 aliphatic rings. The highest BCUT2D eigenvalue weighted by Gasteiger charge is 2.14. The van der Waals surface area contributed by atoms with E-state index in [-0.39, 0.29) is 0 Å². The largest absolute Gasteiger partial charge is 0.315 e. The summed E-state index contributed by atoms with van der Waals surface area (Å²) >= 11 is 3.42. The molecule has 0 saturated heterocycles. The molecule has 2 aromatic carbocycles. The van der Waals surface area contributed by atoms with E-state index in [4.69, 9.17) is 5.41 Å². The predicted molar refractivity (Wildman–Crippen MR) is 101 cm³/mol. The molecule has 1 N–H and O–H groups in total. The van der Waals surface area contributed by atoms with Crippen molar-refractivity contribution in [1.29, 1.82) is 5.41 Å². The topological polar surface area (TPSA) is 30.3 Å². The minimum atomic E-state index is 0.441.